The lowest BCUT2D eigenvalue weighted by molar-refractivity contribution is -0.122. The summed E-state index contributed by atoms with van der Waals surface area (Å²) in [6.45, 7) is 4.39. The van der Waals surface area contributed by atoms with E-state index >= 15 is 0 Å². The standard InChI is InChI=1S/C38H69NO5S/c1-3-5-7-9-11-13-15-17-19-21-23-25-27-29-31-33-37(40)36(35-45(42,43)44)39-38(41)34-32-30-28-26-24-22-20-18-16-14-12-10-8-6-4-2/h6,8,12,14,18,20,31,33,36-37,40H,3-5,7,9-11,13,15-17,19,21-30,32,34-35H2,1-2H3,(H,39,41)(H,42,43,44)/b8-6-,14-12-,20-18-,33-31+. The lowest BCUT2D eigenvalue weighted by Gasteiger charge is -2.21. The van der Waals surface area contributed by atoms with E-state index in [1.807, 2.05) is 6.08 Å². The molecular formula is C38H69NO5S. The van der Waals surface area contributed by atoms with Gasteiger partial charge in [0.05, 0.1) is 17.9 Å². The van der Waals surface area contributed by atoms with E-state index in [1.54, 1.807) is 6.08 Å². The smallest absolute Gasteiger partial charge is 0.267 e. The average molecular weight is 652 g/mol. The quantitative estimate of drug-likeness (QED) is 0.0381. The van der Waals surface area contributed by atoms with Crippen molar-refractivity contribution in [1.29, 1.82) is 0 Å². The van der Waals surface area contributed by atoms with E-state index in [9.17, 15) is 22.9 Å². The molecule has 0 radical (unpaired) electrons. The molecule has 3 N–H and O–H groups in total. The lowest BCUT2D eigenvalue weighted by Crippen LogP contribution is -2.46. The minimum Gasteiger partial charge on any atom is -0.387 e. The number of aliphatic hydroxyl groups excluding tert-OH is 1. The summed E-state index contributed by atoms with van der Waals surface area (Å²) in [7, 11) is -4.34. The predicted molar refractivity (Wildman–Crippen MR) is 193 cm³/mol. The third-order valence-electron chi connectivity index (χ3n) is 8.01. The third-order valence-corrected chi connectivity index (χ3v) is 8.79. The van der Waals surface area contributed by atoms with E-state index in [0.717, 1.165) is 70.6 Å². The number of carbonyl (C=O) groups is 1. The maximum Gasteiger partial charge on any atom is 0.267 e. The van der Waals surface area contributed by atoms with Crippen molar-refractivity contribution in [1.82, 2.24) is 5.32 Å². The summed E-state index contributed by atoms with van der Waals surface area (Å²) in [4.78, 5) is 12.4. The number of allylic oxidation sites excluding steroid dienone is 7. The van der Waals surface area contributed by atoms with E-state index in [2.05, 4.69) is 55.6 Å². The van der Waals surface area contributed by atoms with E-state index in [4.69, 9.17) is 0 Å². The van der Waals surface area contributed by atoms with Crippen LogP contribution in [0.4, 0.5) is 0 Å². The summed E-state index contributed by atoms with van der Waals surface area (Å²) < 4.78 is 32.4. The van der Waals surface area contributed by atoms with Crippen molar-refractivity contribution >= 4 is 16.0 Å². The number of unbranched alkanes of at least 4 members (excludes halogenated alkanes) is 18. The van der Waals surface area contributed by atoms with Gasteiger partial charge in [0.25, 0.3) is 10.1 Å². The Morgan fingerprint density at radius 1 is 0.622 bits per heavy atom. The molecule has 0 aromatic rings. The highest BCUT2D eigenvalue weighted by Gasteiger charge is 2.24. The highest BCUT2D eigenvalue weighted by molar-refractivity contribution is 7.85. The Kier molecular flexibility index (Phi) is 31.0. The van der Waals surface area contributed by atoms with Gasteiger partial charge in [-0.15, -0.1) is 0 Å². The van der Waals surface area contributed by atoms with Crippen LogP contribution in [0.1, 0.15) is 168 Å². The average Bonchev–Trinajstić information content (AvgIpc) is 3.00. The Bertz CT molecular complexity index is 894. The molecule has 2 unspecified atom stereocenters. The Labute approximate surface area is 278 Å². The first-order chi connectivity index (χ1) is 21.8. The van der Waals surface area contributed by atoms with Gasteiger partial charge in [-0.05, 0) is 51.4 Å². The van der Waals surface area contributed by atoms with Crippen LogP contribution in [0.15, 0.2) is 48.6 Å². The van der Waals surface area contributed by atoms with Gasteiger partial charge in [0.15, 0.2) is 0 Å². The summed E-state index contributed by atoms with van der Waals surface area (Å²) >= 11 is 0. The molecule has 0 saturated heterocycles. The molecule has 0 aromatic carbocycles. The van der Waals surface area contributed by atoms with Crippen LogP contribution in [0, 0.1) is 0 Å². The van der Waals surface area contributed by atoms with E-state index in [0.29, 0.717) is 6.42 Å². The molecular weight excluding hydrogens is 582 g/mol. The predicted octanol–water partition coefficient (Wildman–Crippen LogP) is 10.3. The van der Waals surface area contributed by atoms with Gasteiger partial charge in [-0.3, -0.25) is 9.35 Å². The molecule has 0 aliphatic heterocycles. The van der Waals surface area contributed by atoms with Gasteiger partial charge in [0, 0.05) is 6.42 Å². The Balaban J connectivity index is 4.03. The highest BCUT2D eigenvalue weighted by atomic mass is 32.2. The maximum absolute atomic E-state index is 12.4. The van der Waals surface area contributed by atoms with Crippen molar-refractivity contribution in [3.63, 3.8) is 0 Å². The van der Waals surface area contributed by atoms with Crippen molar-refractivity contribution < 1.29 is 22.9 Å². The third kappa shape index (κ3) is 33.5. The second-order valence-corrected chi connectivity index (χ2v) is 14.0. The summed E-state index contributed by atoms with van der Waals surface area (Å²) in [6.07, 6.45) is 42.3. The number of hydrogen-bond acceptors (Lipinski definition) is 4. The summed E-state index contributed by atoms with van der Waals surface area (Å²) in [5, 5.41) is 13.2. The largest absolute Gasteiger partial charge is 0.387 e. The molecule has 2 atom stereocenters. The van der Waals surface area contributed by atoms with E-state index in [-0.39, 0.29) is 12.3 Å². The Morgan fingerprint density at radius 3 is 1.58 bits per heavy atom. The van der Waals surface area contributed by atoms with Gasteiger partial charge < -0.3 is 10.4 Å². The Morgan fingerprint density at radius 2 is 1.07 bits per heavy atom. The molecule has 7 heteroatoms. The van der Waals surface area contributed by atoms with Crippen LogP contribution in [-0.4, -0.2) is 41.9 Å². The molecule has 0 spiro atoms. The second kappa shape index (κ2) is 32.2. The molecule has 0 saturated carbocycles. The lowest BCUT2D eigenvalue weighted by atomic mass is 10.0. The number of amides is 1. The first-order valence-corrected chi connectivity index (χ1v) is 19.9. The number of nitrogens with one attached hydrogen (secondary N) is 1. The van der Waals surface area contributed by atoms with Gasteiger partial charge in [-0.25, -0.2) is 0 Å². The SMILES string of the molecule is CC/C=C\C/C=C\C/C=C\CCCCCCCC(=O)NC(CS(=O)(=O)O)C(O)/C=C/CCCCCCCCCCCCCCC. The van der Waals surface area contributed by atoms with E-state index < -0.39 is 28.0 Å². The molecule has 0 bridgehead atoms. The van der Waals surface area contributed by atoms with Crippen LogP contribution < -0.4 is 5.32 Å². The zero-order valence-electron chi connectivity index (χ0n) is 29.0. The van der Waals surface area contributed by atoms with Crippen LogP contribution >= 0.6 is 0 Å². The van der Waals surface area contributed by atoms with Crippen LogP contribution in [0.25, 0.3) is 0 Å². The first kappa shape index (κ1) is 43.3. The monoisotopic (exact) mass is 651 g/mol. The second-order valence-electron chi connectivity index (χ2n) is 12.5. The molecule has 45 heavy (non-hydrogen) atoms. The zero-order chi connectivity index (χ0) is 33.3. The van der Waals surface area contributed by atoms with Crippen LogP contribution in [0.3, 0.4) is 0 Å². The molecule has 1 amide bonds. The molecule has 0 fully saturated rings. The topological polar surface area (TPSA) is 104 Å². The normalized spacial score (nSPS) is 14.0. The van der Waals surface area contributed by atoms with Crippen molar-refractivity contribution in [3.8, 4) is 0 Å². The number of aliphatic hydroxyl groups is 1. The molecule has 262 valence electrons. The summed E-state index contributed by atoms with van der Waals surface area (Å²) in [6, 6.07) is -1.06. The van der Waals surface area contributed by atoms with Crippen LogP contribution in [0.5, 0.6) is 0 Å². The van der Waals surface area contributed by atoms with Crippen molar-refractivity contribution in [2.24, 2.45) is 0 Å². The number of carbonyl (C=O) groups excluding carboxylic acids is 1. The summed E-state index contributed by atoms with van der Waals surface area (Å²) in [5.41, 5.74) is 0. The number of rotatable bonds is 32. The van der Waals surface area contributed by atoms with Crippen LogP contribution in [-0.2, 0) is 14.9 Å². The van der Waals surface area contributed by atoms with Crippen molar-refractivity contribution in [2.45, 2.75) is 180 Å². The maximum atomic E-state index is 12.4. The molecule has 0 aliphatic rings. The molecule has 0 aliphatic carbocycles. The molecule has 0 heterocycles. The van der Waals surface area contributed by atoms with Gasteiger partial charge >= 0.3 is 0 Å². The zero-order valence-corrected chi connectivity index (χ0v) is 29.8. The first-order valence-electron chi connectivity index (χ1n) is 18.3. The highest BCUT2D eigenvalue weighted by Crippen LogP contribution is 2.14. The number of hydrogen-bond donors (Lipinski definition) is 3. The van der Waals surface area contributed by atoms with E-state index in [1.165, 1.54) is 70.6 Å². The molecule has 0 rings (SSSR count). The van der Waals surface area contributed by atoms with Crippen LogP contribution in [0.2, 0.25) is 0 Å². The van der Waals surface area contributed by atoms with Gasteiger partial charge in [-0.2, -0.15) is 8.42 Å². The van der Waals surface area contributed by atoms with Gasteiger partial charge in [0.2, 0.25) is 5.91 Å². The van der Waals surface area contributed by atoms with Crippen molar-refractivity contribution in [2.75, 3.05) is 5.75 Å². The molecule has 6 nitrogen and oxygen atoms in total. The fraction of sp³-hybridized carbons (Fsp3) is 0.763. The van der Waals surface area contributed by atoms with Crippen molar-refractivity contribution in [3.05, 3.63) is 48.6 Å². The summed E-state index contributed by atoms with van der Waals surface area (Å²) in [5.74, 6) is -1.00. The fourth-order valence-electron chi connectivity index (χ4n) is 5.29. The molecule has 0 aromatic heterocycles. The fourth-order valence-corrected chi connectivity index (χ4v) is 6.02. The minimum atomic E-state index is -4.34. The minimum absolute atomic E-state index is 0.275. The van der Waals surface area contributed by atoms with Gasteiger partial charge in [-0.1, -0.05) is 159 Å². The van der Waals surface area contributed by atoms with Gasteiger partial charge in [0.1, 0.15) is 0 Å². The Hall–Kier alpha value is -1.70.